The van der Waals surface area contributed by atoms with Crippen molar-refractivity contribution in [3.05, 3.63) is 29.8 Å². The summed E-state index contributed by atoms with van der Waals surface area (Å²) in [6.45, 7) is 9.41. The standard InChI is InChI=1S/C15H22O3/c1-10(2)17-15(16)12(4)13(5)18-14-8-6-11(3)7-9-14/h6-10,12-13H,1-5H3. The number of hydrogen-bond acceptors (Lipinski definition) is 3. The number of ether oxygens (including phenoxy) is 2. The van der Waals surface area contributed by atoms with E-state index in [0.29, 0.717) is 0 Å². The molecule has 0 N–H and O–H groups in total. The van der Waals surface area contributed by atoms with Gasteiger partial charge in [-0.1, -0.05) is 17.7 Å². The Morgan fingerprint density at radius 1 is 1.06 bits per heavy atom. The third-order valence-electron chi connectivity index (χ3n) is 2.77. The average molecular weight is 250 g/mol. The minimum atomic E-state index is -0.284. The van der Waals surface area contributed by atoms with Gasteiger partial charge in [0.1, 0.15) is 11.9 Å². The SMILES string of the molecule is Cc1ccc(OC(C)C(C)C(=O)OC(C)C)cc1. The summed E-state index contributed by atoms with van der Waals surface area (Å²) in [5.74, 6) is 0.274. The van der Waals surface area contributed by atoms with Crippen LogP contribution in [0.1, 0.15) is 33.3 Å². The molecule has 3 heteroatoms. The third kappa shape index (κ3) is 4.40. The molecule has 0 aliphatic rings. The zero-order chi connectivity index (χ0) is 13.7. The van der Waals surface area contributed by atoms with E-state index in [9.17, 15) is 4.79 Å². The van der Waals surface area contributed by atoms with Crippen LogP contribution in [0.5, 0.6) is 5.75 Å². The molecule has 0 amide bonds. The van der Waals surface area contributed by atoms with Crippen LogP contribution >= 0.6 is 0 Å². The topological polar surface area (TPSA) is 35.5 Å². The Bertz CT molecular complexity index is 381. The minimum absolute atomic E-state index is 0.0912. The lowest BCUT2D eigenvalue weighted by Crippen LogP contribution is -2.31. The molecule has 0 saturated heterocycles. The van der Waals surface area contributed by atoms with Gasteiger partial charge in [-0.2, -0.15) is 0 Å². The van der Waals surface area contributed by atoms with Gasteiger partial charge in [-0.3, -0.25) is 4.79 Å². The number of carbonyl (C=O) groups is 1. The van der Waals surface area contributed by atoms with Crippen molar-refractivity contribution in [1.29, 1.82) is 0 Å². The Morgan fingerprint density at radius 3 is 2.11 bits per heavy atom. The zero-order valence-electron chi connectivity index (χ0n) is 11.8. The highest BCUT2D eigenvalue weighted by Crippen LogP contribution is 2.17. The van der Waals surface area contributed by atoms with Crippen molar-refractivity contribution in [3.63, 3.8) is 0 Å². The molecule has 0 bridgehead atoms. The predicted molar refractivity (Wildman–Crippen MR) is 71.7 cm³/mol. The lowest BCUT2D eigenvalue weighted by Gasteiger charge is -2.21. The molecular formula is C15H22O3. The van der Waals surface area contributed by atoms with E-state index >= 15 is 0 Å². The number of aryl methyl sites for hydroxylation is 1. The van der Waals surface area contributed by atoms with Crippen molar-refractivity contribution in [2.45, 2.75) is 46.8 Å². The van der Waals surface area contributed by atoms with Crippen LogP contribution < -0.4 is 4.74 Å². The number of carbonyl (C=O) groups excluding carboxylic acids is 1. The van der Waals surface area contributed by atoms with Gasteiger partial charge in [0, 0.05) is 0 Å². The van der Waals surface area contributed by atoms with E-state index in [4.69, 9.17) is 9.47 Å². The summed E-state index contributed by atoms with van der Waals surface area (Å²) < 4.78 is 10.9. The van der Waals surface area contributed by atoms with Gasteiger partial charge in [-0.05, 0) is 46.8 Å². The molecule has 0 heterocycles. The summed E-state index contributed by atoms with van der Waals surface area (Å²) in [5, 5.41) is 0. The quantitative estimate of drug-likeness (QED) is 0.752. The summed E-state index contributed by atoms with van der Waals surface area (Å²) >= 11 is 0. The maximum Gasteiger partial charge on any atom is 0.312 e. The summed E-state index contributed by atoms with van der Waals surface area (Å²) in [4.78, 5) is 11.7. The predicted octanol–water partition coefficient (Wildman–Crippen LogP) is 3.35. The lowest BCUT2D eigenvalue weighted by atomic mass is 10.1. The second-order valence-electron chi connectivity index (χ2n) is 4.91. The van der Waals surface area contributed by atoms with Gasteiger partial charge in [-0.25, -0.2) is 0 Å². The molecule has 0 spiro atoms. The van der Waals surface area contributed by atoms with Crippen LogP contribution in [0, 0.1) is 12.8 Å². The molecule has 100 valence electrons. The van der Waals surface area contributed by atoms with Crippen molar-refractivity contribution < 1.29 is 14.3 Å². The van der Waals surface area contributed by atoms with E-state index in [0.717, 1.165) is 5.75 Å². The fraction of sp³-hybridized carbons (Fsp3) is 0.533. The fourth-order valence-corrected chi connectivity index (χ4v) is 1.46. The van der Waals surface area contributed by atoms with Crippen LogP contribution in [0.2, 0.25) is 0 Å². The Morgan fingerprint density at radius 2 is 1.61 bits per heavy atom. The van der Waals surface area contributed by atoms with Crippen molar-refractivity contribution in [2.75, 3.05) is 0 Å². The summed E-state index contributed by atoms with van der Waals surface area (Å²) in [7, 11) is 0. The van der Waals surface area contributed by atoms with E-state index in [-0.39, 0.29) is 24.1 Å². The first-order valence-electron chi connectivity index (χ1n) is 6.34. The molecule has 1 aromatic carbocycles. The highest BCUT2D eigenvalue weighted by atomic mass is 16.5. The van der Waals surface area contributed by atoms with E-state index in [1.165, 1.54) is 5.56 Å². The molecule has 0 aliphatic carbocycles. The second kappa shape index (κ2) is 6.43. The monoisotopic (exact) mass is 250 g/mol. The third-order valence-corrected chi connectivity index (χ3v) is 2.77. The van der Waals surface area contributed by atoms with Crippen LogP contribution in [0.3, 0.4) is 0 Å². The minimum Gasteiger partial charge on any atom is -0.490 e. The maximum absolute atomic E-state index is 11.7. The highest BCUT2D eigenvalue weighted by Gasteiger charge is 2.24. The highest BCUT2D eigenvalue weighted by molar-refractivity contribution is 5.72. The van der Waals surface area contributed by atoms with E-state index < -0.39 is 0 Å². The summed E-state index contributed by atoms with van der Waals surface area (Å²) in [6, 6.07) is 7.79. The van der Waals surface area contributed by atoms with E-state index in [2.05, 4.69) is 0 Å². The van der Waals surface area contributed by atoms with Crippen molar-refractivity contribution >= 4 is 5.97 Å². The average Bonchev–Trinajstić information content (AvgIpc) is 2.30. The van der Waals surface area contributed by atoms with Gasteiger partial charge in [0.05, 0.1) is 12.0 Å². The maximum atomic E-state index is 11.7. The second-order valence-corrected chi connectivity index (χ2v) is 4.91. The Kier molecular flexibility index (Phi) is 5.20. The molecule has 2 atom stereocenters. The van der Waals surface area contributed by atoms with Gasteiger partial charge in [0.2, 0.25) is 0 Å². The molecule has 1 rings (SSSR count). The van der Waals surface area contributed by atoms with Gasteiger partial charge in [-0.15, -0.1) is 0 Å². The van der Waals surface area contributed by atoms with Crippen LogP contribution in [0.15, 0.2) is 24.3 Å². The fourth-order valence-electron chi connectivity index (χ4n) is 1.46. The van der Waals surface area contributed by atoms with E-state index in [1.807, 2.05) is 58.9 Å². The Balaban J connectivity index is 2.56. The molecule has 2 unspecified atom stereocenters. The molecule has 1 aromatic rings. The number of hydrogen-bond donors (Lipinski definition) is 0. The van der Waals surface area contributed by atoms with Crippen LogP contribution in [-0.2, 0) is 9.53 Å². The molecule has 0 aliphatic heterocycles. The molecule has 0 fully saturated rings. The summed E-state index contributed by atoms with van der Waals surface area (Å²) in [5.41, 5.74) is 1.18. The smallest absolute Gasteiger partial charge is 0.312 e. The number of esters is 1. The van der Waals surface area contributed by atoms with Crippen LogP contribution in [0.25, 0.3) is 0 Å². The molecule has 0 saturated carbocycles. The number of benzene rings is 1. The van der Waals surface area contributed by atoms with Crippen LogP contribution in [0.4, 0.5) is 0 Å². The molecule has 18 heavy (non-hydrogen) atoms. The van der Waals surface area contributed by atoms with Crippen molar-refractivity contribution in [2.24, 2.45) is 5.92 Å². The first-order valence-corrected chi connectivity index (χ1v) is 6.34. The Labute approximate surface area is 109 Å². The normalized spacial score (nSPS) is 14.1. The van der Waals surface area contributed by atoms with Crippen LogP contribution in [-0.4, -0.2) is 18.2 Å². The van der Waals surface area contributed by atoms with E-state index in [1.54, 1.807) is 0 Å². The van der Waals surface area contributed by atoms with Crippen molar-refractivity contribution in [3.8, 4) is 5.75 Å². The molecular weight excluding hydrogens is 228 g/mol. The zero-order valence-corrected chi connectivity index (χ0v) is 11.8. The molecule has 0 aromatic heterocycles. The van der Waals surface area contributed by atoms with Gasteiger partial charge >= 0.3 is 5.97 Å². The first kappa shape index (κ1) is 14.6. The largest absolute Gasteiger partial charge is 0.490 e. The summed E-state index contributed by atoms with van der Waals surface area (Å²) in [6.07, 6.45) is -0.300. The molecule has 0 radical (unpaired) electrons. The number of rotatable bonds is 5. The van der Waals surface area contributed by atoms with Gasteiger partial charge in [0.25, 0.3) is 0 Å². The van der Waals surface area contributed by atoms with Crippen molar-refractivity contribution in [1.82, 2.24) is 0 Å². The lowest BCUT2D eigenvalue weighted by molar-refractivity contribution is -0.154. The first-order chi connectivity index (χ1) is 8.40. The Hall–Kier alpha value is -1.51. The van der Waals surface area contributed by atoms with Gasteiger partial charge < -0.3 is 9.47 Å². The van der Waals surface area contributed by atoms with Gasteiger partial charge in [0.15, 0.2) is 0 Å². The molecule has 3 nitrogen and oxygen atoms in total.